The number of nitrogens with zero attached hydrogens (tertiary/aromatic N) is 3. The molecule has 0 spiro atoms. The molecular weight excluding hydrogens is 240 g/mol. The molecule has 2 aromatic rings. The van der Waals surface area contributed by atoms with Crippen molar-refractivity contribution in [3.05, 3.63) is 42.2 Å². The lowest BCUT2D eigenvalue weighted by molar-refractivity contribution is 0.0356. The Morgan fingerprint density at radius 3 is 2.95 bits per heavy atom. The fraction of sp³-hybridized carbons (Fsp3) is 0.429. The maximum atomic E-state index is 5.57. The lowest BCUT2D eigenvalue weighted by Gasteiger charge is -2.35. The predicted octanol–water partition coefficient (Wildman–Crippen LogP) is 1.19. The number of hydrogen-bond acceptors (Lipinski definition) is 4. The molecule has 0 radical (unpaired) electrons. The van der Waals surface area contributed by atoms with Crippen molar-refractivity contribution in [2.24, 2.45) is 0 Å². The van der Waals surface area contributed by atoms with E-state index in [1.807, 2.05) is 12.1 Å². The van der Waals surface area contributed by atoms with Crippen molar-refractivity contribution in [1.82, 2.24) is 20.3 Å². The number of hydrogen-bond donors (Lipinski definition) is 1. The molecule has 0 bridgehead atoms. The SMILES string of the molecule is CC1(Cc2cccc(-n3nccn3)c2)COCCN1. The lowest BCUT2D eigenvalue weighted by atomic mass is 9.92. The Morgan fingerprint density at radius 2 is 2.21 bits per heavy atom. The average Bonchev–Trinajstić information content (AvgIpc) is 2.93. The second-order valence-corrected chi connectivity index (χ2v) is 5.21. The highest BCUT2D eigenvalue weighted by atomic mass is 16.5. The molecule has 1 aromatic carbocycles. The Morgan fingerprint density at radius 1 is 1.37 bits per heavy atom. The first-order chi connectivity index (χ1) is 9.25. The molecule has 1 fully saturated rings. The zero-order chi connectivity index (χ0) is 13.1. The summed E-state index contributed by atoms with van der Waals surface area (Å²) in [5, 5.41) is 11.8. The molecule has 1 saturated heterocycles. The van der Waals surface area contributed by atoms with E-state index in [4.69, 9.17) is 4.74 Å². The van der Waals surface area contributed by atoms with Crippen LogP contribution in [0.25, 0.3) is 5.69 Å². The summed E-state index contributed by atoms with van der Waals surface area (Å²) in [6.45, 7) is 4.66. The van der Waals surface area contributed by atoms with E-state index in [1.54, 1.807) is 17.2 Å². The predicted molar refractivity (Wildman–Crippen MR) is 72.3 cm³/mol. The first-order valence-corrected chi connectivity index (χ1v) is 6.54. The van der Waals surface area contributed by atoms with E-state index < -0.39 is 0 Å². The highest BCUT2D eigenvalue weighted by molar-refractivity contribution is 5.34. The van der Waals surface area contributed by atoms with Crippen molar-refractivity contribution >= 4 is 0 Å². The first kappa shape index (κ1) is 12.3. The van der Waals surface area contributed by atoms with E-state index >= 15 is 0 Å². The van der Waals surface area contributed by atoms with Crippen LogP contribution in [0.5, 0.6) is 0 Å². The van der Waals surface area contributed by atoms with Gasteiger partial charge in [-0.15, -0.1) is 0 Å². The highest BCUT2D eigenvalue weighted by Crippen LogP contribution is 2.18. The van der Waals surface area contributed by atoms with Crippen molar-refractivity contribution in [1.29, 1.82) is 0 Å². The van der Waals surface area contributed by atoms with Crippen molar-refractivity contribution in [2.45, 2.75) is 18.9 Å². The minimum atomic E-state index is 0.00835. The molecule has 1 aromatic heterocycles. The summed E-state index contributed by atoms with van der Waals surface area (Å²) in [5.74, 6) is 0. The standard InChI is InChI=1S/C14H18N4O/c1-14(11-19-8-7-15-14)10-12-3-2-4-13(9-12)18-16-5-6-17-18/h2-6,9,15H,7-8,10-11H2,1H3. The van der Waals surface area contributed by atoms with Crippen LogP contribution >= 0.6 is 0 Å². The molecule has 1 aliphatic heterocycles. The van der Waals surface area contributed by atoms with Crippen molar-refractivity contribution < 1.29 is 4.74 Å². The van der Waals surface area contributed by atoms with Crippen LogP contribution < -0.4 is 5.32 Å². The topological polar surface area (TPSA) is 52.0 Å². The van der Waals surface area contributed by atoms with Gasteiger partial charge in [-0.25, -0.2) is 0 Å². The van der Waals surface area contributed by atoms with Crippen LogP contribution in [0.4, 0.5) is 0 Å². The van der Waals surface area contributed by atoms with Gasteiger partial charge < -0.3 is 10.1 Å². The Kier molecular flexibility index (Phi) is 3.31. The third kappa shape index (κ3) is 2.83. The van der Waals surface area contributed by atoms with Gasteiger partial charge in [0.25, 0.3) is 0 Å². The van der Waals surface area contributed by atoms with Gasteiger partial charge in [0.15, 0.2) is 0 Å². The van der Waals surface area contributed by atoms with Gasteiger partial charge in [0.1, 0.15) is 0 Å². The maximum Gasteiger partial charge on any atom is 0.0859 e. The van der Waals surface area contributed by atoms with Gasteiger partial charge in [-0.1, -0.05) is 12.1 Å². The number of benzene rings is 1. The van der Waals surface area contributed by atoms with Gasteiger partial charge >= 0.3 is 0 Å². The summed E-state index contributed by atoms with van der Waals surface area (Å²) in [6, 6.07) is 8.31. The average molecular weight is 258 g/mol. The Hall–Kier alpha value is -1.72. The zero-order valence-corrected chi connectivity index (χ0v) is 11.0. The van der Waals surface area contributed by atoms with Gasteiger partial charge in [-0.2, -0.15) is 15.0 Å². The molecule has 0 saturated carbocycles. The molecule has 19 heavy (non-hydrogen) atoms. The second-order valence-electron chi connectivity index (χ2n) is 5.21. The van der Waals surface area contributed by atoms with Crippen molar-refractivity contribution in [3.8, 4) is 5.69 Å². The van der Waals surface area contributed by atoms with E-state index in [0.717, 1.165) is 31.9 Å². The van der Waals surface area contributed by atoms with Gasteiger partial charge in [0, 0.05) is 12.1 Å². The summed E-state index contributed by atoms with van der Waals surface area (Å²) in [4.78, 5) is 1.64. The lowest BCUT2D eigenvalue weighted by Crippen LogP contribution is -2.53. The van der Waals surface area contributed by atoms with Crippen LogP contribution in [-0.4, -0.2) is 40.3 Å². The molecule has 0 aliphatic carbocycles. The molecule has 5 nitrogen and oxygen atoms in total. The van der Waals surface area contributed by atoms with Crippen LogP contribution in [-0.2, 0) is 11.2 Å². The van der Waals surface area contributed by atoms with E-state index in [0.29, 0.717) is 0 Å². The molecular formula is C14H18N4O. The van der Waals surface area contributed by atoms with Crippen LogP contribution in [0, 0.1) is 0 Å². The second kappa shape index (κ2) is 5.11. The van der Waals surface area contributed by atoms with E-state index in [9.17, 15) is 0 Å². The van der Waals surface area contributed by atoms with Gasteiger partial charge in [0.2, 0.25) is 0 Å². The number of morpholine rings is 1. The fourth-order valence-electron chi connectivity index (χ4n) is 2.48. The normalized spacial score (nSPS) is 23.4. The largest absolute Gasteiger partial charge is 0.378 e. The molecule has 1 atom stereocenters. The maximum absolute atomic E-state index is 5.57. The third-order valence-corrected chi connectivity index (χ3v) is 3.37. The summed E-state index contributed by atoms with van der Waals surface area (Å²) < 4.78 is 5.57. The summed E-state index contributed by atoms with van der Waals surface area (Å²) in [6.07, 6.45) is 4.30. The van der Waals surface area contributed by atoms with Crippen molar-refractivity contribution in [2.75, 3.05) is 19.8 Å². The Balaban J connectivity index is 1.80. The first-order valence-electron chi connectivity index (χ1n) is 6.54. The molecule has 1 unspecified atom stereocenters. The minimum Gasteiger partial charge on any atom is -0.378 e. The van der Waals surface area contributed by atoms with E-state index in [-0.39, 0.29) is 5.54 Å². The summed E-state index contributed by atoms with van der Waals surface area (Å²) >= 11 is 0. The number of rotatable bonds is 3. The molecule has 0 amide bonds. The smallest absolute Gasteiger partial charge is 0.0859 e. The van der Waals surface area contributed by atoms with Crippen LogP contribution in [0.15, 0.2) is 36.7 Å². The third-order valence-electron chi connectivity index (χ3n) is 3.37. The molecule has 100 valence electrons. The Bertz CT molecular complexity index is 532. The Labute approximate surface area is 112 Å². The quantitative estimate of drug-likeness (QED) is 0.898. The van der Waals surface area contributed by atoms with Crippen LogP contribution in [0.3, 0.4) is 0 Å². The number of nitrogens with one attached hydrogen (secondary N) is 1. The molecule has 2 heterocycles. The zero-order valence-electron chi connectivity index (χ0n) is 11.0. The minimum absolute atomic E-state index is 0.00835. The molecule has 5 heteroatoms. The van der Waals surface area contributed by atoms with Gasteiger partial charge in [-0.05, 0) is 31.0 Å². The number of ether oxygens (including phenoxy) is 1. The van der Waals surface area contributed by atoms with Gasteiger partial charge in [0.05, 0.1) is 31.3 Å². The number of aromatic nitrogens is 3. The molecule has 3 rings (SSSR count). The fourth-order valence-corrected chi connectivity index (χ4v) is 2.48. The molecule has 1 aliphatic rings. The van der Waals surface area contributed by atoms with Crippen molar-refractivity contribution in [3.63, 3.8) is 0 Å². The summed E-state index contributed by atoms with van der Waals surface area (Å²) in [5.41, 5.74) is 2.26. The van der Waals surface area contributed by atoms with Crippen LogP contribution in [0.1, 0.15) is 12.5 Å². The van der Waals surface area contributed by atoms with Gasteiger partial charge in [-0.3, -0.25) is 0 Å². The highest BCUT2D eigenvalue weighted by Gasteiger charge is 2.27. The summed E-state index contributed by atoms with van der Waals surface area (Å²) in [7, 11) is 0. The molecule has 1 N–H and O–H groups in total. The van der Waals surface area contributed by atoms with E-state index in [1.165, 1.54) is 5.56 Å². The van der Waals surface area contributed by atoms with E-state index in [2.05, 4.69) is 34.6 Å². The van der Waals surface area contributed by atoms with Crippen LogP contribution in [0.2, 0.25) is 0 Å². The monoisotopic (exact) mass is 258 g/mol.